The van der Waals surface area contributed by atoms with Gasteiger partial charge in [-0.3, -0.25) is 4.68 Å². The Morgan fingerprint density at radius 2 is 1.95 bits per heavy atom. The molecule has 1 aromatic carbocycles. The Bertz CT molecular complexity index is 645. The van der Waals surface area contributed by atoms with Crippen molar-refractivity contribution in [2.75, 3.05) is 11.6 Å². The first-order valence-corrected chi connectivity index (χ1v) is 7.93. The molecule has 19 heavy (non-hydrogen) atoms. The summed E-state index contributed by atoms with van der Waals surface area (Å²) in [5.41, 5.74) is 1.98. The minimum Gasteiger partial charge on any atom is -0.381 e. The maximum atomic E-state index is 11.3. The minimum atomic E-state index is -3.13. The number of aromatic nitrogens is 2. The molecule has 0 atom stereocenters. The lowest BCUT2D eigenvalue weighted by molar-refractivity contribution is 0.602. The van der Waals surface area contributed by atoms with Crippen LogP contribution >= 0.6 is 0 Å². The van der Waals surface area contributed by atoms with Crippen LogP contribution in [0.4, 0.5) is 5.69 Å². The number of anilines is 1. The lowest BCUT2D eigenvalue weighted by Crippen LogP contribution is -2.00. The third-order valence-electron chi connectivity index (χ3n) is 2.79. The van der Waals surface area contributed by atoms with Gasteiger partial charge in [0, 0.05) is 36.8 Å². The number of aryl methyl sites for hydroxylation is 1. The van der Waals surface area contributed by atoms with Gasteiger partial charge in [0.05, 0.1) is 11.1 Å². The van der Waals surface area contributed by atoms with Crippen LogP contribution in [-0.4, -0.2) is 24.5 Å². The van der Waals surface area contributed by atoms with E-state index in [0.717, 1.165) is 17.8 Å². The Kier molecular flexibility index (Phi) is 3.90. The van der Waals surface area contributed by atoms with Crippen molar-refractivity contribution in [3.63, 3.8) is 0 Å². The fourth-order valence-electron chi connectivity index (χ4n) is 1.69. The van der Waals surface area contributed by atoms with Crippen molar-refractivity contribution in [3.8, 4) is 0 Å². The normalized spacial score (nSPS) is 11.5. The molecule has 0 radical (unpaired) electrons. The second kappa shape index (κ2) is 5.44. The molecule has 0 amide bonds. The fourth-order valence-corrected chi connectivity index (χ4v) is 2.33. The van der Waals surface area contributed by atoms with E-state index < -0.39 is 9.84 Å². The zero-order valence-electron chi connectivity index (χ0n) is 11.0. The molecule has 0 saturated heterocycles. The summed E-state index contributed by atoms with van der Waals surface area (Å²) in [5, 5.41) is 7.42. The Balaban J connectivity index is 2.00. The number of nitrogens with one attached hydrogen (secondary N) is 1. The van der Waals surface area contributed by atoms with Gasteiger partial charge in [-0.25, -0.2) is 8.42 Å². The highest BCUT2D eigenvalue weighted by Crippen LogP contribution is 2.14. The molecular weight excluding hydrogens is 262 g/mol. The average molecular weight is 279 g/mol. The van der Waals surface area contributed by atoms with Crippen LogP contribution in [0.5, 0.6) is 0 Å². The Morgan fingerprint density at radius 1 is 1.26 bits per heavy atom. The summed E-state index contributed by atoms with van der Waals surface area (Å²) < 4.78 is 24.5. The first-order chi connectivity index (χ1) is 8.99. The van der Waals surface area contributed by atoms with E-state index in [2.05, 4.69) is 10.4 Å². The molecule has 2 rings (SSSR count). The number of hydrogen-bond donors (Lipinski definition) is 1. The van der Waals surface area contributed by atoms with Gasteiger partial charge in [-0.1, -0.05) is 0 Å². The van der Waals surface area contributed by atoms with Crippen molar-refractivity contribution >= 4 is 15.5 Å². The van der Waals surface area contributed by atoms with Gasteiger partial charge in [0.25, 0.3) is 0 Å². The largest absolute Gasteiger partial charge is 0.381 e. The van der Waals surface area contributed by atoms with Crippen LogP contribution in [-0.2, 0) is 22.9 Å². The van der Waals surface area contributed by atoms with Crippen molar-refractivity contribution in [2.45, 2.75) is 24.9 Å². The fraction of sp³-hybridized carbons (Fsp3) is 0.308. The quantitative estimate of drug-likeness (QED) is 0.908. The molecule has 0 aliphatic rings. The van der Waals surface area contributed by atoms with Gasteiger partial charge in [-0.15, -0.1) is 0 Å². The van der Waals surface area contributed by atoms with Crippen LogP contribution in [0, 0.1) is 0 Å². The van der Waals surface area contributed by atoms with Gasteiger partial charge in [-0.05, 0) is 31.2 Å². The van der Waals surface area contributed by atoms with Crippen molar-refractivity contribution in [1.29, 1.82) is 0 Å². The van der Waals surface area contributed by atoms with Crippen molar-refractivity contribution in [1.82, 2.24) is 9.78 Å². The Hall–Kier alpha value is -1.82. The highest BCUT2D eigenvalue weighted by molar-refractivity contribution is 7.90. The van der Waals surface area contributed by atoms with E-state index >= 15 is 0 Å². The second-order valence-corrected chi connectivity index (χ2v) is 6.37. The summed E-state index contributed by atoms with van der Waals surface area (Å²) in [6.07, 6.45) is 5.01. The SMILES string of the molecule is CCn1cc(CNc2ccc(S(C)(=O)=O)cc2)cn1. The molecule has 0 bridgehead atoms. The number of sulfone groups is 1. The maximum absolute atomic E-state index is 11.3. The predicted molar refractivity (Wildman–Crippen MR) is 74.8 cm³/mol. The number of rotatable bonds is 5. The number of benzene rings is 1. The van der Waals surface area contributed by atoms with Gasteiger partial charge in [0.15, 0.2) is 9.84 Å². The molecule has 0 saturated carbocycles. The van der Waals surface area contributed by atoms with Crippen LogP contribution in [0.3, 0.4) is 0 Å². The lowest BCUT2D eigenvalue weighted by atomic mass is 10.3. The molecule has 0 aliphatic heterocycles. The van der Waals surface area contributed by atoms with E-state index in [1.54, 1.807) is 24.3 Å². The van der Waals surface area contributed by atoms with E-state index in [-0.39, 0.29) is 0 Å². The second-order valence-electron chi connectivity index (χ2n) is 4.35. The minimum absolute atomic E-state index is 0.330. The van der Waals surface area contributed by atoms with Gasteiger partial charge in [0.2, 0.25) is 0 Å². The first kappa shape index (κ1) is 13.6. The highest BCUT2D eigenvalue weighted by atomic mass is 32.2. The van der Waals surface area contributed by atoms with Gasteiger partial charge >= 0.3 is 0 Å². The molecule has 0 aliphatic carbocycles. The summed E-state index contributed by atoms with van der Waals surface area (Å²) in [7, 11) is -3.13. The van der Waals surface area contributed by atoms with Gasteiger partial charge < -0.3 is 5.32 Å². The molecule has 0 spiro atoms. The van der Waals surface area contributed by atoms with Crippen molar-refractivity contribution in [3.05, 3.63) is 42.2 Å². The summed E-state index contributed by atoms with van der Waals surface area (Å²) in [4.78, 5) is 0.330. The zero-order chi connectivity index (χ0) is 13.9. The summed E-state index contributed by atoms with van der Waals surface area (Å²) in [6, 6.07) is 6.74. The number of nitrogens with zero attached hydrogens (tertiary/aromatic N) is 2. The standard InChI is InChI=1S/C13H17N3O2S/c1-3-16-10-11(9-15-16)8-14-12-4-6-13(7-5-12)19(2,17)18/h4-7,9-10,14H,3,8H2,1-2H3. The van der Waals surface area contributed by atoms with Gasteiger partial charge in [-0.2, -0.15) is 5.10 Å². The van der Waals surface area contributed by atoms with E-state index in [1.807, 2.05) is 24.0 Å². The smallest absolute Gasteiger partial charge is 0.175 e. The lowest BCUT2D eigenvalue weighted by Gasteiger charge is -2.05. The van der Waals surface area contributed by atoms with E-state index in [0.29, 0.717) is 11.4 Å². The molecule has 2 aromatic rings. The van der Waals surface area contributed by atoms with Crippen LogP contribution in [0.15, 0.2) is 41.6 Å². The topological polar surface area (TPSA) is 64.0 Å². The average Bonchev–Trinajstić information content (AvgIpc) is 2.84. The molecule has 1 heterocycles. The Labute approximate surface area is 113 Å². The van der Waals surface area contributed by atoms with E-state index in [1.165, 1.54) is 6.26 Å². The molecule has 6 heteroatoms. The molecule has 0 fully saturated rings. The van der Waals surface area contributed by atoms with Gasteiger partial charge in [0.1, 0.15) is 0 Å². The van der Waals surface area contributed by atoms with Crippen LogP contribution in [0.2, 0.25) is 0 Å². The molecular formula is C13H17N3O2S. The summed E-state index contributed by atoms with van der Waals surface area (Å²) in [5.74, 6) is 0. The molecule has 5 nitrogen and oxygen atoms in total. The first-order valence-electron chi connectivity index (χ1n) is 6.04. The summed E-state index contributed by atoms with van der Waals surface area (Å²) in [6.45, 7) is 3.55. The zero-order valence-corrected chi connectivity index (χ0v) is 11.8. The van der Waals surface area contributed by atoms with Crippen LogP contribution < -0.4 is 5.32 Å². The van der Waals surface area contributed by atoms with E-state index in [4.69, 9.17) is 0 Å². The summed E-state index contributed by atoms with van der Waals surface area (Å²) >= 11 is 0. The highest BCUT2D eigenvalue weighted by Gasteiger charge is 2.06. The van der Waals surface area contributed by atoms with Crippen molar-refractivity contribution < 1.29 is 8.42 Å². The van der Waals surface area contributed by atoms with E-state index in [9.17, 15) is 8.42 Å². The predicted octanol–water partition coefficient (Wildman–Crippen LogP) is 1.92. The van der Waals surface area contributed by atoms with Crippen LogP contribution in [0.1, 0.15) is 12.5 Å². The molecule has 0 unspecified atom stereocenters. The molecule has 102 valence electrons. The van der Waals surface area contributed by atoms with Crippen molar-refractivity contribution in [2.24, 2.45) is 0 Å². The molecule has 1 aromatic heterocycles. The van der Waals surface area contributed by atoms with Crippen LogP contribution in [0.25, 0.3) is 0 Å². The Morgan fingerprint density at radius 3 is 2.47 bits per heavy atom. The number of hydrogen-bond acceptors (Lipinski definition) is 4. The monoisotopic (exact) mass is 279 g/mol. The third-order valence-corrected chi connectivity index (χ3v) is 3.92. The molecule has 1 N–H and O–H groups in total. The third kappa shape index (κ3) is 3.57. The maximum Gasteiger partial charge on any atom is 0.175 e.